The topological polar surface area (TPSA) is 58.6 Å². The van der Waals surface area contributed by atoms with E-state index in [1.807, 2.05) is 13.8 Å². The Balaban J connectivity index is 3.54. The molecule has 2 atom stereocenters. The summed E-state index contributed by atoms with van der Waals surface area (Å²) in [6, 6.07) is 0.0394. The molecule has 0 aliphatic heterocycles. The van der Waals surface area contributed by atoms with Gasteiger partial charge in [-0.2, -0.15) is 0 Å². The number of aliphatic hydroxyl groups excluding tert-OH is 1. The van der Waals surface area contributed by atoms with E-state index in [0.717, 1.165) is 0 Å². The Labute approximate surface area is 89.4 Å². The standard InChI is InChI=1S/C9H19NO3S/c1-7(5-13-3)10-9(12)6-14-8(2)4-11/h7-8,11H,4-6H2,1-3H3,(H,10,12). The lowest BCUT2D eigenvalue weighted by Gasteiger charge is -2.13. The van der Waals surface area contributed by atoms with Crippen molar-refractivity contribution >= 4 is 17.7 Å². The van der Waals surface area contributed by atoms with Crippen LogP contribution in [-0.2, 0) is 9.53 Å². The molecular formula is C9H19NO3S. The van der Waals surface area contributed by atoms with Crippen LogP contribution < -0.4 is 5.32 Å². The van der Waals surface area contributed by atoms with E-state index in [1.54, 1.807) is 7.11 Å². The zero-order valence-corrected chi connectivity index (χ0v) is 9.76. The molecule has 4 nitrogen and oxygen atoms in total. The first kappa shape index (κ1) is 13.7. The second-order valence-electron chi connectivity index (χ2n) is 3.23. The molecule has 0 bridgehead atoms. The average Bonchev–Trinajstić information content (AvgIpc) is 2.14. The van der Waals surface area contributed by atoms with Crippen molar-refractivity contribution in [3.05, 3.63) is 0 Å². The summed E-state index contributed by atoms with van der Waals surface area (Å²) in [5.74, 6) is 0.371. The SMILES string of the molecule is COCC(C)NC(=O)CSC(C)CO. The number of amides is 1. The second kappa shape index (κ2) is 8.08. The Hall–Kier alpha value is -0.260. The molecule has 0 saturated heterocycles. The molecule has 1 amide bonds. The van der Waals surface area contributed by atoms with E-state index in [1.165, 1.54) is 11.8 Å². The summed E-state index contributed by atoms with van der Waals surface area (Å²) >= 11 is 1.44. The van der Waals surface area contributed by atoms with Crippen LogP contribution in [0.4, 0.5) is 0 Å². The number of carbonyl (C=O) groups is 1. The molecule has 0 aromatic carbocycles. The zero-order chi connectivity index (χ0) is 11.0. The fourth-order valence-electron chi connectivity index (χ4n) is 0.879. The Bertz CT molecular complexity index is 166. The monoisotopic (exact) mass is 221 g/mol. The maximum atomic E-state index is 11.3. The van der Waals surface area contributed by atoms with Gasteiger partial charge in [0.15, 0.2) is 0 Å². The molecular weight excluding hydrogens is 202 g/mol. The van der Waals surface area contributed by atoms with Crippen LogP contribution in [0.5, 0.6) is 0 Å². The summed E-state index contributed by atoms with van der Waals surface area (Å²) in [7, 11) is 1.60. The van der Waals surface area contributed by atoms with E-state index in [0.29, 0.717) is 12.4 Å². The van der Waals surface area contributed by atoms with Crippen LogP contribution in [0.25, 0.3) is 0 Å². The Morgan fingerprint density at radius 2 is 2.21 bits per heavy atom. The van der Waals surface area contributed by atoms with Crippen molar-refractivity contribution < 1.29 is 14.6 Å². The van der Waals surface area contributed by atoms with Gasteiger partial charge in [0.05, 0.1) is 19.0 Å². The van der Waals surface area contributed by atoms with Crippen molar-refractivity contribution in [1.29, 1.82) is 0 Å². The summed E-state index contributed by atoms with van der Waals surface area (Å²) in [6.07, 6.45) is 0. The Morgan fingerprint density at radius 1 is 1.57 bits per heavy atom. The van der Waals surface area contributed by atoms with Crippen molar-refractivity contribution in [2.75, 3.05) is 26.1 Å². The summed E-state index contributed by atoms with van der Waals surface area (Å²) in [6.45, 7) is 4.40. The molecule has 0 saturated carbocycles. The van der Waals surface area contributed by atoms with E-state index >= 15 is 0 Å². The van der Waals surface area contributed by atoms with Gasteiger partial charge < -0.3 is 15.2 Å². The van der Waals surface area contributed by atoms with Crippen LogP contribution in [0.1, 0.15) is 13.8 Å². The molecule has 0 aliphatic rings. The Morgan fingerprint density at radius 3 is 2.71 bits per heavy atom. The number of carbonyl (C=O) groups excluding carboxylic acids is 1. The highest BCUT2D eigenvalue weighted by molar-refractivity contribution is 8.00. The number of methoxy groups -OCH3 is 1. The van der Waals surface area contributed by atoms with Gasteiger partial charge in [-0.05, 0) is 6.92 Å². The first-order valence-electron chi connectivity index (χ1n) is 4.61. The van der Waals surface area contributed by atoms with Crippen molar-refractivity contribution in [3.8, 4) is 0 Å². The minimum Gasteiger partial charge on any atom is -0.395 e. The predicted octanol–water partition coefficient (Wildman–Crippen LogP) is 0.251. The number of thioether (sulfide) groups is 1. The third-order valence-electron chi connectivity index (χ3n) is 1.58. The molecule has 5 heteroatoms. The quantitative estimate of drug-likeness (QED) is 0.647. The molecule has 0 aliphatic carbocycles. The predicted molar refractivity (Wildman–Crippen MR) is 58.5 cm³/mol. The van der Waals surface area contributed by atoms with Crippen LogP contribution in [0.2, 0.25) is 0 Å². The highest BCUT2D eigenvalue weighted by atomic mass is 32.2. The second-order valence-corrected chi connectivity index (χ2v) is 4.65. The van der Waals surface area contributed by atoms with Crippen LogP contribution in [-0.4, -0.2) is 48.4 Å². The van der Waals surface area contributed by atoms with Crippen molar-refractivity contribution in [3.63, 3.8) is 0 Å². The summed E-state index contributed by atoms with van der Waals surface area (Å²) in [5.41, 5.74) is 0. The fourth-order valence-corrected chi connectivity index (χ4v) is 1.50. The van der Waals surface area contributed by atoms with E-state index < -0.39 is 0 Å². The number of hydrogen-bond donors (Lipinski definition) is 2. The van der Waals surface area contributed by atoms with E-state index in [2.05, 4.69) is 5.32 Å². The molecule has 0 aromatic heterocycles. The lowest BCUT2D eigenvalue weighted by Crippen LogP contribution is -2.37. The van der Waals surface area contributed by atoms with Gasteiger partial charge in [-0.25, -0.2) is 0 Å². The first-order valence-corrected chi connectivity index (χ1v) is 5.65. The van der Waals surface area contributed by atoms with Gasteiger partial charge in [-0.3, -0.25) is 4.79 Å². The summed E-state index contributed by atoms with van der Waals surface area (Å²) in [5, 5.41) is 11.6. The first-order chi connectivity index (χ1) is 6.60. The van der Waals surface area contributed by atoms with Crippen LogP contribution in [0.3, 0.4) is 0 Å². The molecule has 2 N–H and O–H groups in total. The minimum absolute atomic E-state index is 0.0140. The van der Waals surface area contributed by atoms with E-state index in [9.17, 15) is 4.79 Å². The van der Waals surface area contributed by atoms with Crippen LogP contribution in [0, 0.1) is 0 Å². The molecule has 0 radical (unpaired) electrons. The van der Waals surface area contributed by atoms with Gasteiger partial charge in [-0.15, -0.1) is 11.8 Å². The molecule has 0 heterocycles. The lowest BCUT2D eigenvalue weighted by atomic mass is 10.3. The third-order valence-corrected chi connectivity index (χ3v) is 2.73. The van der Waals surface area contributed by atoms with E-state index in [-0.39, 0.29) is 23.8 Å². The van der Waals surface area contributed by atoms with Gasteiger partial charge in [0.1, 0.15) is 0 Å². The fraction of sp³-hybridized carbons (Fsp3) is 0.889. The van der Waals surface area contributed by atoms with Gasteiger partial charge >= 0.3 is 0 Å². The Kier molecular flexibility index (Phi) is 7.93. The molecule has 2 unspecified atom stereocenters. The van der Waals surface area contributed by atoms with E-state index in [4.69, 9.17) is 9.84 Å². The highest BCUT2D eigenvalue weighted by Gasteiger charge is 2.08. The molecule has 84 valence electrons. The van der Waals surface area contributed by atoms with Crippen molar-refractivity contribution in [1.82, 2.24) is 5.32 Å². The largest absolute Gasteiger partial charge is 0.395 e. The molecule has 0 spiro atoms. The maximum absolute atomic E-state index is 11.3. The summed E-state index contributed by atoms with van der Waals surface area (Å²) in [4.78, 5) is 11.3. The number of hydrogen-bond acceptors (Lipinski definition) is 4. The van der Waals surface area contributed by atoms with Gasteiger partial charge in [-0.1, -0.05) is 6.92 Å². The summed E-state index contributed by atoms with van der Waals surface area (Å²) < 4.78 is 4.89. The van der Waals surface area contributed by atoms with Gasteiger partial charge in [0.2, 0.25) is 5.91 Å². The zero-order valence-electron chi connectivity index (χ0n) is 8.95. The minimum atomic E-state index is -0.0140. The smallest absolute Gasteiger partial charge is 0.230 e. The van der Waals surface area contributed by atoms with Crippen molar-refractivity contribution in [2.45, 2.75) is 25.1 Å². The number of aliphatic hydroxyl groups is 1. The average molecular weight is 221 g/mol. The van der Waals surface area contributed by atoms with Crippen molar-refractivity contribution in [2.24, 2.45) is 0 Å². The van der Waals surface area contributed by atoms with Gasteiger partial charge in [0.25, 0.3) is 0 Å². The van der Waals surface area contributed by atoms with Crippen LogP contribution in [0.15, 0.2) is 0 Å². The number of nitrogens with one attached hydrogen (secondary N) is 1. The number of ether oxygens (including phenoxy) is 1. The van der Waals surface area contributed by atoms with Gasteiger partial charge in [0, 0.05) is 18.4 Å². The maximum Gasteiger partial charge on any atom is 0.230 e. The lowest BCUT2D eigenvalue weighted by molar-refractivity contribution is -0.119. The number of rotatable bonds is 7. The third kappa shape index (κ3) is 7.17. The molecule has 0 rings (SSSR count). The van der Waals surface area contributed by atoms with Crippen LogP contribution >= 0.6 is 11.8 Å². The molecule has 0 fully saturated rings. The highest BCUT2D eigenvalue weighted by Crippen LogP contribution is 2.08. The molecule has 0 aromatic rings. The molecule has 14 heavy (non-hydrogen) atoms. The normalized spacial score (nSPS) is 14.9.